The van der Waals surface area contributed by atoms with Crippen LogP contribution in [0.1, 0.15) is 79.0 Å². The number of nitrogens with zero attached hydrogens (tertiary/aromatic N) is 1. The predicted octanol–water partition coefficient (Wildman–Crippen LogP) is 2.91. The molecule has 0 aromatic heterocycles. The molecular weight excluding hydrogens is 478 g/mol. The van der Waals surface area contributed by atoms with E-state index in [1.807, 2.05) is 0 Å². The van der Waals surface area contributed by atoms with Crippen molar-refractivity contribution in [3.8, 4) is 0 Å². The zero-order valence-electron chi connectivity index (χ0n) is 21.7. The molecule has 1 aromatic carbocycles. The summed E-state index contributed by atoms with van der Waals surface area (Å²) in [5, 5.41) is 5.34. The van der Waals surface area contributed by atoms with Crippen LogP contribution in [0.15, 0.2) is 18.2 Å². The number of rotatable bonds is 18. The number of piperidine rings is 1. The van der Waals surface area contributed by atoms with Gasteiger partial charge in [-0.05, 0) is 25.0 Å². The van der Waals surface area contributed by atoms with Crippen LogP contribution in [0.5, 0.6) is 0 Å². The summed E-state index contributed by atoms with van der Waals surface area (Å²) in [7, 11) is 0. The summed E-state index contributed by atoms with van der Waals surface area (Å²) in [6.07, 6.45) is 7.69. The lowest BCUT2D eigenvalue weighted by molar-refractivity contribution is -0.136. The molecule has 1 unspecified atom stereocenters. The Morgan fingerprint density at radius 3 is 2.27 bits per heavy atom. The maximum atomic E-state index is 13.1. The summed E-state index contributed by atoms with van der Waals surface area (Å²) in [6.45, 7) is 5.83. The van der Waals surface area contributed by atoms with Crippen molar-refractivity contribution < 1.29 is 33.4 Å². The van der Waals surface area contributed by atoms with Crippen LogP contribution in [-0.4, -0.2) is 80.8 Å². The SMILES string of the molecule is CCCCCCCCOCCOCCOCCNc1cccc2c1C(=O)N(C1CCC(=O)NC1=O)C2=O. The van der Waals surface area contributed by atoms with Gasteiger partial charge in [0.2, 0.25) is 11.8 Å². The fourth-order valence-corrected chi connectivity index (χ4v) is 4.45. The molecule has 0 aliphatic carbocycles. The number of benzene rings is 1. The molecule has 1 saturated heterocycles. The van der Waals surface area contributed by atoms with E-state index < -0.39 is 29.7 Å². The number of hydrogen-bond acceptors (Lipinski definition) is 8. The molecule has 0 saturated carbocycles. The normalized spacial score (nSPS) is 17.3. The van der Waals surface area contributed by atoms with Crippen LogP contribution in [0.2, 0.25) is 0 Å². The van der Waals surface area contributed by atoms with Crippen molar-refractivity contribution in [3.63, 3.8) is 0 Å². The Labute approximate surface area is 218 Å². The minimum absolute atomic E-state index is 0.0855. The molecule has 10 nitrogen and oxygen atoms in total. The fourth-order valence-electron chi connectivity index (χ4n) is 4.45. The number of nitrogens with one attached hydrogen (secondary N) is 2. The Kier molecular flexibility index (Phi) is 12.0. The Morgan fingerprint density at radius 1 is 0.865 bits per heavy atom. The molecule has 1 atom stereocenters. The van der Waals surface area contributed by atoms with E-state index in [0.29, 0.717) is 45.3 Å². The molecule has 1 aromatic rings. The van der Waals surface area contributed by atoms with Crippen molar-refractivity contribution in [3.05, 3.63) is 29.3 Å². The van der Waals surface area contributed by atoms with Crippen molar-refractivity contribution in [2.75, 3.05) is 51.5 Å². The maximum absolute atomic E-state index is 13.1. The first-order valence-electron chi connectivity index (χ1n) is 13.4. The third-order valence-corrected chi connectivity index (χ3v) is 6.42. The first-order valence-corrected chi connectivity index (χ1v) is 13.4. The number of amides is 4. The lowest BCUT2D eigenvalue weighted by Crippen LogP contribution is -2.54. The molecule has 2 heterocycles. The predicted molar refractivity (Wildman–Crippen MR) is 137 cm³/mol. The van der Waals surface area contributed by atoms with E-state index >= 15 is 0 Å². The quantitative estimate of drug-likeness (QED) is 0.225. The van der Waals surface area contributed by atoms with E-state index in [0.717, 1.165) is 17.9 Å². The highest BCUT2D eigenvalue weighted by Crippen LogP contribution is 2.32. The largest absolute Gasteiger partial charge is 0.382 e. The standard InChI is InChI=1S/C27H39N3O7/c1-2-3-4-5-6-7-14-35-16-18-37-19-17-36-15-13-28-21-10-8-9-20-24(21)27(34)30(26(20)33)22-11-12-23(31)29-25(22)32/h8-10,22,28H,2-7,11-19H2,1H3,(H,29,31,32). The molecule has 204 valence electrons. The average Bonchev–Trinajstić information content (AvgIpc) is 3.14. The number of carbonyl (C=O) groups is 4. The highest BCUT2D eigenvalue weighted by atomic mass is 16.5. The van der Waals surface area contributed by atoms with Crippen LogP contribution in [0, 0.1) is 0 Å². The Morgan fingerprint density at radius 2 is 1.54 bits per heavy atom. The van der Waals surface area contributed by atoms with Gasteiger partial charge in [-0.1, -0.05) is 45.1 Å². The molecule has 0 spiro atoms. The minimum atomic E-state index is -0.984. The zero-order valence-corrected chi connectivity index (χ0v) is 21.7. The third kappa shape index (κ3) is 8.34. The summed E-state index contributed by atoms with van der Waals surface area (Å²) in [5.41, 5.74) is 0.988. The van der Waals surface area contributed by atoms with Crippen molar-refractivity contribution in [1.29, 1.82) is 0 Å². The number of hydrogen-bond donors (Lipinski definition) is 2. The van der Waals surface area contributed by atoms with Crippen LogP contribution in [-0.2, 0) is 23.8 Å². The van der Waals surface area contributed by atoms with Gasteiger partial charge in [-0.15, -0.1) is 0 Å². The van der Waals surface area contributed by atoms with E-state index in [9.17, 15) is 19.2 Å². The second-order valence-corrected chi connectivity index (χ2v) is 9.21. The van der Waals surface area contributed by atoms with E-state index in [2.05, 4.69) is 17.6 Å². The molecule has 2 aliphatic rings. The highest BCUT2D eigenvalue weighted by Gasteiger charge is 2.45. The van der Waals surface area contributed by atoms with Crippen LogP contribution < -0.4 is 10.6 Å². The number of anilines is 1. The second kappa shape index (κ2) is 15.4. The monoisotopic (exact) mass is 517 g/mol. The first kappa shape index (κ1) is 28.7. The summed E-state index contributed by atoms with van der Waals surface area (Å²) >= 11 is 0. The van der Waals surface area contributed by atoms with Gasteiger partial charge < -0.3 is 19.5 Å². The fraction of sp³-hybridized carbons (Fsp3) is 0.630. The average molecular weight is 518 g/mol. The summed E-state index contributed by atoms with van der Waals surface area (Å²) in [6, 6.07) is 3.98. The summed E-state index contributed by atoms with van der Waals surface area (Å²) in [4.78, 5) is 50.6. The van der Waals surface area contributed by atoms with E-state index in [1.165, 1.54) is 32.1 Å². The molecule has 2 aliphatic heterocycles. The van der Waals surface area contributed by atoms with Gasteiger partial charge in [0, 0.05) is 25.3 Å². The lowest BCUT2D eigenvalue weighted by atomic mass is 10.0. The molecular formula is C27H39N3O7. The molecule has 1 fully saturated rings. The first-order chi connectivity index (χ1) is 18.0. The van der Waals surface area contributed by atoms with Gasteiger partial charge in [-0.3, -0.25) is 29.4 Å². The van der Waals surface area contributed by atoms with Crippen LogP contribution in [0.25, 0.3) is 0 Å². The number of ether oxygens (including phenoxy) is 3. The molecule has 3 rings (SSSR count). The highest BCUT2D eigenvalue weighted by molar-refractivity contribution is 6.25. The maximum Gasteiger partial charge on any atom is 0.264 e. The Hall–Kier alpha value is -2.82. The van der Waals surface area contributed by atoms with E-state index in [4.69, 9.17) is 14.2 Å². The molecule has 2 N–H and O–H groups in total. The summed E-state index contributed by atoms with van der Waals surface area (Å²) in [5.74, 6) is -2.09. The van der Waals surface area contributed by atoms with Crippen molar-refractivity contribution in [2.24, 2.45) is 0 Å². The van der Waals surface area contributed by atoms with Crippen molar-refractivity contribution in [1.82, 2.24) is 10.2 Å². The molecule has 10 heteroatoms. The number of imide groups is 2. The molecule has 0 bridgehead atoms. The Balaban J connectivity index is 1.29. The molecule has 0 radical (unpaired) electrons. The van der Waals surface area contributed by atoms with Crippen molar-refractivity contribution in [2.45, 2.75) is 64.3 Å². The summed E-state index contributed by atoms with van der Waals surface area (Å²) < 4.78 is 16.7. The van der Waals surface area contributed by atoms with Gasteiger partial charge in [-0.25, -0.2) is 0 Å². The second-order valence-electron chi connectivity index (χ2n) is 9.21. The number of unbranched alkanes of at least 4 members (excludes halogenated alkanes) is 5. The van der Waals surface area contributed by atoms with E-state index in [1.54, 1.807) is 18.2 Å². The van der Waals surface area contributed by atoms with E-state index in [-0.39, 0.29) is 24.0 Å². The molecule has 4 amide bonds. The topological polar surface area (TPSA) is 123 Å². The zero-order chi connectivity index (χ0) is 26.5. The van der Waals surface area contributed by atoms with Crippen LogP contribution in [0.3, 0.4) is 0 Å². The van der Waals surface area contributed by atoms with Gasteiger partial charge in [0.1, 0.15) is 6.04 Å². The third-order valence-electron chi connectivity index (χ3n) is 6.42. The van der Waals surface area contributed by atoms with Crippen LogP contribution in [0.4, 0.5) is 5.69 Å². The van der Waals surface area contributed by atoms with Crippen molar-refractivity contribution >= 4 is 29.3 Å². The van der Waals surface area contributed by atoms with Gasteiger partial charge in [0.25, 0.3) is 11.8 Å². The van der Waals surface area contributed by atoms with Crippen LogP contribution >= 0.6 is 0 Å². The van der Waals surface area contributed by atoms with Gasteiger partial charge >= 0.3 is 0 Å². The van der Waals surface area contributed by atoms with Gasteiger partial charge in [0.15, 0.2) is 0 Å². The van der Waals surface area contributed by atoms with Gasteiger partial charge in [0.05, 0.1) is 44.2 Å². The lowest BCUT2D eigenvalue weighted by Gasteiger charge is -2.27. The molecule has 37 heavy (non-hydrogen) atoms. The Bertz CT molecular complexity index is 937. The van der Waals surface area contributed by atoms with Gasteiger partial charge in [-0.2, -0.15) is 0 Å². The minimum Gasteiger partial charge on any atom is -0.382 e. The number of fused-ring (bicyclic) bond motifs is 1. The smallest absolute Gasteiger partial charge is 0.264 e. The number of carbonyl (C=O) groups excluding carboxylic acids is 4.